The molecule has 4 nitrogen and oxygen atoms in total. The molecule has 0 bridgehead atoms. The minimum atomic E-state index is -0.198. The lowest BCUT2D eigenvalue weighted by Crippen LogP contribution is -2.92. The molecule has 0 fully saturated rings. The Kier molecular flexibility index (Phi) is 7.42. The minimum Gasteiger partial charge on any atom is -0.497 e. The molecule has 3 rings (SSSR count). The van der Waals surface area contributed by atoms with E-state index in [0.29, 0.717) is 6.54 Å². The average molecular weight is 390 g/mol. The van der Waals surface area contributed by atoms with Gasteiger partial charge < -0.3 is 15.4 Å². The second kappa shape index (κ2) is 10.4. The van der Waals surface area contributed by atoms with Crippen molar-refractivity contribution in [3.63, 3.8) is 0 Å². The molecule has 0 aliphatic rings. The molecule has 1 atom stereocenters. The van der Waals surface area contributed by atoms with Crippen LogP contribution >= 0.6 is 0 Å². The summed E-state index contributed by atoms with van der Waals surface area (Å²) in [4.78, 5) is 12.7. The first-order valence-electron chi connectivity index (χ1n) is 10.0. The van der Waals surface area contributed by atoms with Crippen molar-refractivity contribution in [1.29, 1.82) is 0 Å². The molecule has 0 aliphatic heterocycles. The van der Waals surface area contributed by atoms with Gasteiger partial charge in [0.05, 0.1) is 7.11 Å². The zero-order valence-corrected chi connectivity index (χ0v) is 17.0. The molecule has 0 heterocycles. The van der Waals surface area contributed by atoms with Crippen LogP contribution in [0, 0.1) is 0 Å². The van der Waals surface area contributed by atoms with Gasteiger partial charge in [-0.1, -0.05) is 72.8 Å². The van der Waals surface area contributed by atoms with Crippen LogP contribution in [0.25, 0.3) is 0 Å². The Labute approximate surface area is 172 Å². The quantitative estimate of drug-likeness (QED) is 0.591. The van der Waals surface area contributed by atoms with Crippen molar-refractivity contribution < 1.29 is 14.8 Å². The Morgan fingerprint density at radius 3 is 1.97 bits per heavy atom. The highest BCUT2D eigenvalue weighted by Gasteiger charge is 2.24. The molecule has 0 radical (unpaired) electrons. The first kappa shape index (κ1) is 20.6. The van der Waals surface area contributed by atoms with E-state index < -0.39 is 0 Å². The summed E-state index contributed by atoms with van der Waals surface area (Å²) < 4.78 is 5.18. The second-order valence-electron chi connectivity index (χ2n) is 7.17. The topological polar surface area (TPSA) is 54.9 Å². The van der Waals surface area contributed by atoms with E-state index >= 15 is 0 Å². The van der Waals surface area contributed by atoms with E-state index in [-0.39, 0.29) is 18.0 Å². The first-order chi connectivity index (χ1) is 14.2. The standard InChI is InChI=1S/C25H28N2O2/c1-19(25(28)26-18-17-20-13-15-23(29-2)16-14-20)27-24(21-9-5-3-6-10-21)22-11-7-4-8-12-22/h3-16,19,24,27H,17-18H2,1-2H3,(H,26,28)/p+1/t19-/m0/s1. The fraction of sp³-hybridized carbons (Fsp3) is 0.240. The van der Waals surface area contributed by atoms with Gasteiger partial charge in [-0.25, -0.2) is 0 Å². The van der Waals surface area contributed by atoms with Gasteiger partial charge in [-0.15, -0.1) is 0 Å². The molecule has 3 aromatic rings. The highest BCUT2D eigenvalue weighted by Crippen LogP contribution is 2.18. The van der Waals surface area contributed by atoms with E-state index in [1.807, 2.05) is 67.6 Å². The summed E-state index contributed by atoms with van der Waals surface area (Å²) in [5.41, 5.74) is 3.56. The molecule has 0 saturated carbocycles. The van der Waals surface area contributed by atoms with Crippen molar-refractivity contribution in [2.45, 2.75) is 25.4 Å². The largest absolute Gasteiger partial charge is 0.497 e. The van der Waals surface area contributed by atoms with Crippen molar-refractivity contribution in [3.8, 4) is 5.75 Å². The highest BCUT2D eigenvalue weighted by molar-refractivity contribution is 5.79. The van der Waals surface area contributed by atoms with Gasteiger partial charge in [0.15, 0.2) is 6.04 Å². The number of carbonyl (C=O) groups excluding carboxylic acids is 1. The molecule has 1 amide bonds. The van der Waals surface area contributed by atoms with Gasteiger partial charge in [0.2, 0.25) is 0 Å². The summed E-state index contributed by atoms with van der Waals surface area (Å²) in [6.07, 6.45) is 0.795. The lowest BCUT2D eigenvalue weighted by Gasteiger charge is -2.20. The number of hydrogen-bond acceptors (Lipinski definition) is 2. The van der Waals surface area contributed by atoms with E-state index in [2.05, 4.69) is 34.9 Å². The predicted octanol–water partition coefficient (Wildman–Crippen LogP) is 3.10. The van der Waals surface area contributed by atoms with Crippen LogP contribution in [0.5, 0.6) is 5.75 Å². The van der Waals surface area contributed by atoms with Crippen molar-refractivity contribution >= 4 is 5.91 Å². The predicted molar refractivity (Wildman–Crippen MR) is 116 cm³/mol. The van der Waals surface area contributed by atoms with E-state index in [0.717, 1.165) is 12.2 Å². The summed E-state index contributed by atoms with van der Waals surface area (Å²) in [5, 5.41) is 5.20. The Hall–Kier alpha value is -3.11. The highest BCUT2D eigenvalue weighted by atomic mass is 16.5. The average Bonchev–Trinajstić information content (AvgIpc) is 2.79. The summed E-state index contributed by atoms with van der Waals surface area (Å²) >= 11 is 0. The van der Waals surface area contributed by atoms with Crippen LogP contribution in [0.4, 0.5) is 0 Å². The van der Waals surface area contributed by atoms with E-state index in [9.17, 15) is 4.79 Å². The number of nitrogens with one attached hydrogen (secondary N) is 1. The number of benzene rings is 3. The third kappa shape index (κ3) is 5.93. The molecule has 3 aromatic carbocycles. The van der Waals surface area contributed by atoms with Gasteiger partial charge in [0, 0.05) is 17.7 Å². The molecule has 0 unspecified atom stereocenters. The maximum atomic E-state index is 12.7. The number of hydrogen-bond donors (Lipinski definition) is 2. The molecule has 150 valence electrons. The van der Waals surface area contributed by atoms with Crippen molar-refractivity contribution in [1.82, 2.24) is 5.32 Å². The van der Waals surface area contributed by atoms with Crippen LogP contribution in [-0.4, -0.2) is 25.6 Å². The normalized spacial score (nSPS) is 11.8. The van der Waals surface area contributed by atoms with Crippen molar-refractivity contribution in [2.24, 2.45) is 0 Å². The molecule has 0 aromatic heterocycles. The third-order valence-electron chi connectivity index (χ3n) is 5.08. The number of ether oxygens (including phenoxy) is 1. The number of nitrogens with two attached hydrogens (primary N) is 1. The molecule has 29 heavy (non-hydrogen) atoms. The van der Waals surface area contributed by atoms with E-state index in [1.54, 1.807) is 7.11 Å². The molecule has 0 saturated heterocycles. The summed E-state index contributed by atoms with van der Waals surface area (Å²) in [7, 11) is 1.66. The summed E-state index contributed by atoms with van der Waals surface area (Å²) in [6.45, 7) is 2.58. The van der Waals surface area contributed by atoms with Gasteiger partial charge in [-0.05, 0) is 31.0 Å². The first-order valence-corrected chi connectivity index (χ1v) is 10.0. The Morgan fingerprint density at radius 2 is 1.45 bits per heavy atom. The molecular formula is C25H29N2O2+. The monoisotopic (exact) mass is 389 g/mol. The number of rotatable bonds is 9. The zero-order valence-electron chi connectivity index (χ0n) is 17.0. The number of amides is 1. The third-order valence-corrected chi connectivity index (χ3v) is 5.08. The Balaban J connectivity index is 1.58. The van der Waals surface area contributed by atoms with Crippen molar-refractivity contribution in [2.75, 3.05) is 13.7 Å². The molecule has 4 heteroatoms. The van der Waals surface area contributed by atoms with Crippen LogP contribution in [0.3, 0.4) is 0 Å². The number of methoxy groups -OCH3 is 1. The summed E-state index contributed by atoms with van der Waals surface area (Å²) in [6, 6.07) is 28.5. The maximum Gasteiger partial charge on any atom is 0.277 e. The van der Waals surface area contributed by atoms with Crippen LogP contribution in [0.1, 0.15) is 29.7 Å². The van der Waals surface area contributed by atoms with Crippen LogP contribution in [0.15, 0.2) is 84.9 Å². The zero-order chi connectivity index (χ0) is 20.5. The molecule has 0 aliphatic carbocycles. The van der Waals surface area contributed by atoms with Crippen LogP contribution in [0.2, 0.25) is 0 Å². The minimum absolute atomic E-state index is 0.0513. The van der Waals surface area contributed by atoms with Crippen molar-refractivity contribution in [3.05, 3.63) is 102 Å². The van der Waals surface area contributed by atoms with Crippen LogP contribution < -0.4 is 15.4 Å². The second-order valence-corrected chi connectivity index (χ2v) is 7.17. The lowest BCUT2D eigenvalue weighted by molar-refractivity contribution is -0.704. The van der Waals surface area contributed by atoms with Gasteiger partial charge in [0.25, 0.3) is 5.91 Å². The number of quaternary nitrogens is 1. The molecule has 0 spiro atoms. The summed E-state index contributed by atoms with van der Waals surface area (Å²) in [5.74, 6) is 0.893. The Bertz CT molecular complexity index is 840. The van der Waals surface area contributed by atoms with Crippen LogP contribution in [-0.2, 0) is 11.2 Å². The van der Waals surface area contributed by atoms with E-state index in [4.69, 9.17) is 4.74 Å². The lowest BCUT2D eigenvalue weighted by atomic mass is 9.98. The van der Waals surface area contributed by atoms with Gasteiger partial charge in [-0.3, -0.25) is 4.79 Å². The fourth-order valence-corrected chi connectivity index (χ4v) is 3.39. The van der Waals surface area contributed by atoms with Gasteiger partial charge in [-0.2, -0.15) is 0 Å². The fourth-order valence-electron chi connectivity index (χ4n) is 3.39. The maximum absolute atomic E-state index is 12.7. The SMILES string of the molecule is COc1ccc(CCNC(=O)[C@H](C)[NH2+]C(c2ccccc2)c2ccccc2)cc1. The van der Waals surface area contributed by atoms with E-state index in [1.165, 1.54) is 16.7 Å². The molecular weight excluding hydrogens is 360 g/mol. The smallest absolute Gasteiger partial charge is 0.277 e. The van der Waals surface area contributed by atoms with Gasteiger partial charge in [0.1, 0.15) is 11.8 Å². The Morgan fingerprint density at radius 1 is 0.897 bits per heavy atom. The van der Waals surface area contributed by atoms with Gasteiger partial charge >= 0.3 is 0 Å². The number of carbonyl (C=O) groups is 1. The molecule has 3 N–H and O–H groups in total.